The fraction of sp³-hybridized carbons (Fsp3) is 0.545. The maximum atomic E-state index is 5.39. The number of aromatic nitrogens is 1. The molecule has 0 saturated carbocycles. The van der Waals surface area contributed by atoms with Crippen LogP contribution in [0.25, 0.3) is 0 Å². The van der Waals surface area contributed by atoms with Crippen molar-refractivity contribution < 1.29 is 4.74 Å². The first-order chi connectivity index (χ1) is 7.66. The van der Waals surface area contributed by atoms with E-state index < -0.39 is 0 Å². The third-order valence-electron chi connectivity index (χ3n) is 2.84. The van der Waals surface area contributed by atoms with E-state index >= 15 is 0 Å². The molecule has 0 amide bonds. The second-order valence-corrected chi connectivity index (χ2v) is 5.81. The average Bonchev–Trinajstić information content (AvgIpc) is 2.75. The van der Waals surface area contributed by atoms with Gasteiger partial charge in [-0.3, -0.25) is 0 Å². The molecule has 1 aromatic rings. The molecule has 0 spiro atoms. The van der Waals surface area contributed by atoms with E-state index in [1.165, 1.54) is 0 Å². The molecule has 1 aliphatic rings. The van der Waals surface area contributed by atoms with E-state index in [1.54, 1.807) is 6.20 Å². The summed E-state index contributed by atoms with van der Waals surface area (Å²) < 4.78 is 7.34. The van der Waals surface area contributed by atoms with Crippen LogP contribution < -0.4 is 5.32 Å². The third kappa shape index (κ3) is 2.96. The number of nitrogens with zero attached hydrogens (tertiary/aromatic N) is 1. The molecule has 0 bridgehead atoms. The average molecular weight is 350 g/mol. The summed E-state index contributed by atoms with van der Waals surface area (Å²) in [6, 6.07) is 2.38. The molecule has 88 valence electrons. The number of pyridine rings is 1. The zero-order valence-electron chi connectivity index (χ0n) is 9.04. The topological polar surface area (TPSA) is 34.2 Å². The molecule has 16 heavy (non-hydrogen) atoms. The lowest BCUT2D eigenvalue weighted by Crippen LogP contribution is -2.26. The number of nitrogens with one attached hydrogen (secondary N) is 1. The minimum Gasteiger partial charge on any atom is -0.381 e. The Hall–Kier alpha value is -0.130. The molecule has 2 rings (SSSR count). The summed E-state index contributed by atoms with van der Waals surface area (Å²) >= 11 is 6.89. The van der Waals surface area contributed by atoms with Crippen LogP contribution in [-0.4, -0.2) is 24.2 Å². The lowest BCUT2D eigenvalue weighted by atomic mass is 10.0. The zero-order chi connectivity index (χ0) is 11.5. The molecule has 1 N–H and O–H groups in total. The molecule has 0 aliphatic carbocycles. The second kappa shape index (κ2) is 5.47. The Labute approximate surface area is 112 Å². The molecule has 1 saturated heterocycles. The van der Waals surface area contributed by atoms with Crippen LogP contribution in [0.2, 0.25) is 0 Å². The first kappa shape index (κ1) is 12.3. The van der Waals surface area contributed by atoms with Crippen LogP contribution in [0, 0.1) is 5.92 Å². The molecule has 0 radical (unpaired) electrons. The van der Waals surface area contributed by atoms with Crippen molar-refractivity contribution >= 4 is 37.7 Å². The highest BCUT2D eigenvalue weighted by atomic mass is 79.9. The van der Waals surface area contributed by atoms with E-state index in [2.05, 4.69) is 49.1 Å². The van der Waals surface area contributed by atoms with Crippen molar-refractivity contribution in [2.24, 2.45) is 5.92 Å². The van der Waals surface area contributed by atoms with Crippen molar-refractivity contribution in [3.8, 4) is 0 Å². The Morgan fingerprint density at radius 2 is 2.38 bits per heavy atom. The summed E-state index contributed by atoms with van der Waals surface area (Å²) in [6.45, 7) is 3.91. The van der Waals surface area contributed by atoms with Crippen LogP contribution in [0.4, 0.5) is 5.82 Å². The van der Waals surface area contributed by atoms with Crippen LogP contribution in [-0.2, 0) is 4.74 Å². The predicted molar refractivity (Wildman–Crippen MR) is 71.6 cm³/mol. The van der Waals surface area contributed by atoms with Crippen LogP contribution >= 0.6 is 31.9 Å². The standard InChI is InChI=1S/C11H14Br2N2O/c1-7(8-2-3-16-6-8)15-11-10(13)4-9(12)5-14-11/h4-5,7-8H,2-3,6H2,1H3,(H,14,15). The summed E-state index contributed by atoms with van der Waals surface area (Å²) in [5.41, 5.74) is 0. The third-order valence-corrected chi connectivity index (χ3v) is 3.88. The van der Waals surface area contributed by atoms with Gasteiger partial charge in [0.05, 0.1) is 11.1 Å². The van der Waals surface area contributed by atoms with Gasteiger partial charge in [0, 0.05) is 29.2 Å². The van der Waals surface area contributed by atoms with Gasteiger partial charge in [0.25, 0.3) is 0 Å². The van der Waals surface area contributed by atoms with Gasteiger partial charge in [0.1, 0.15) is 5.82 Å². The van der Waals surface area contributed by atoms with E-state index in [0.717, 1.165) is 34.4 Å². The van der Waals surface area contributed by atoms with Gasteiger partial charge in [0.2, 0.25) is 0 Å². The van der Waals surface area contributed by atoms with E-state index in [1.807, 2.05) is 6.07 Å². The maximum Gasteiger partial charge on any atom is 0.140 e. The molecule has 3 nitrogen and oxygen atoms in total. The highest BCUT2D eigenvalue weighted by Crippen LogP contribution is 2.26. The van der Waals surface area contributed by atoms with Crippen molar-refractivity contribution in [1.82, 2.24) is 4.98 Å². The summed E-state index contributed by atoms with van der Waals surface area (Å²) in [6.07, 6.45) is 2.92. The van der Waals surface area contributed by atoms with E-state index in [0.29, 0.717) is 12.0 Å². The predicted octanol–water partition coefficient (Wildman–Crippen LogP) is 3.44. The maximum absolute atomic E-state index is 5.39. The van der Waals surface area contributed by atoms with Crippen molar-refractivity contribution in [1.29, 1.82) is 0 Å². The van der Waals surface area contributed by atoms with Crippen LogP contribution in [0.1, 0.15) is 13.3 Å². The lowest BCUT2D eigenvalue weighted by molar-refractivity contribution is 0.183. The Balaban J connectivity index is 2.02. The fourth-order valence-corrected chi connectivity index (χ4v) is 2.90. The SMILES string of the molecule is CC(Nc1ncc(Br)cc1Br)C1CCOC1. The smallest absolute Gasteiger partial charge is 0.140 e. The summed E-state index contributed by atoms with van der Waals surface area (Å²) in [5, 5.41) is 3.42. The quantitative estimate of drug-likeness (QED) is 0.907. The summed E-state index contributed by atoms with van der Waals surface area (Å²) in [4.78, 5) is 4.34. The molecule has 1 aromatic heterocycles. The molecule has 5 heteroatoms. The van der Waals surface area contributed by atoms with Crippen LogP contribution in [0.15, 0.2) is 21.2 Å². The zero-order valence-corrected chi connectivity index (χ0v) is 12.2. The van der Waals surface area contributed by atoms with E-state index in [4.69, 9.17) is 4.74 Å². The van der Waals surface area contributed by atoms with Crippen LogP contribution in [0.3, 0.4) is 0 Å². The van der Waals surface area contributed by atoms with Gasteiger partial charge in [-0.25, -0.2) is 4.98 Å². The second-order valence-electron chi connectivity index (χ2n) is 4.04. The van der Waals surface area contributed by atoms with Gasteiger partial charge in [-0.15, -0.1) is 0 Å². The van der Waals surface area contributed by atoms with Gasteiger partial charge < -0.3 is 10.1 Å². The first-order valence-electron chi connectivity index (χ1n) is 5.32. The van der Waals surface area contributed by atoms with Crippen molar-refractivity contribution in [2.75, 3.05) is 18.5 Å². The minimum atomic E-state index is 0.382. The molecule has 2 atom stereocenters. The first-order valence-corrected chi connectivity index (χ1v) is 6.90. The number of hydrogen-bond donors (Lipinski definition) is 1. The van der Waals surface area contributed by atoms with Crippen molar-refractivity contribution in [3.05, 3.63) is 21.2 Å². The molecule has 2 heterocycles. The summed E-state index contributed by atoms with van der Waals surface area (Å²) in [7, 11) is 0. The van der Waals surface area contributed by atoms with Gasteiger partial charge in [-0.1, -0.05) is 0 Å². The molecular weight excluding hydrogens is 336 g/mol. The number of anilines is 1. The number of halogens is 2. The van der Waals surface area contributed by atoms with Crippen molar-refractivity contribution in [3.63, 3.8) is 0 Å². The minimum absolute atomic E-state index is 0.382. The van der Waals surface area contributed by atoms with Crippen molar-refractivity contribution in [2.45, 2.75) is 19.4 Å². The van der Waals surface area contributed by atoms with Gasteiger partial charge in [-0.05, 0) is 51.3 Å². The molecular formula is C11H14Br2N2O. The van der Waals surface area contributed by atoms with Gasteiger partial charge >= 0.3 is 0 Å². The van der Waals surface area contributed by atoms with Gasteiger partial charge in [-0.2, -0.15) is 0 Å². The molecule has 1 aliphatic heterocycles. The van der Waals surface area contributed by atoms with Gasteiger partial charge in [0.15, 0.2) is 0 Å². The highest BCUT2D eigenvalue weighted by molar-refractivity contribution is 9.11. The Kier molecular flexibility index (Phi) is 4.21. The van der Waals surface area contributed by atoms with E-state index in [9.17, 15) is 0 Å². The molecule has 2 unspecified atom stereocenters. The Morgan fingerprint density at radius 1 is 1.56 bits per heavy atom. The monoisotopic (exact) mass is 348 g/mol. The molecule has 1 fully saturated rings. The van der Waals surface area contributed by atoms with E-state index in [-0.39, 0.29) is 0 Å². The number of rotatable bonds is 3. The molecule has 0 aromatic carbocycles. The Morgan fingerprint density at radius 3 is 3.00 bits per heavy atom. The largest absolute Gasteiger partial charge is 0.381 e. The van der Waals surface area contributed by atoms with Crippen LogP contribution in [0.5, 0.6) is 0 Å². The summed E-state index contributed by atoms with van der Waals surface area (Å²) in [5.74, 6) is 1.47. The number of ether oxygens (including phenoxy) is 1. The number of hydrogen-bond acceptors (Lipinski definition) is 3. The Bertz CT molecular complexity index is 367. The lowest BCUT2D eigenvalue weighted by Gasteiger charge is -2.20. The fourth-order valence-electron chi connectivity index (χ4n) is 1.80. The normalized spacial score (nSPS) is 22.1. The highest BCUT2D eigenvalue weighted by Gasteiger charge is 2.22.